The highest BCUT2D eigenvalue weighted by Crippen LogP contribution is 2.27. The lowest BCUT2D eigenvalue weighted by Gasteiger charge is -2.19. The van der Waals surface area contributed by atoms with Gasteiger partial charge in [-0.05, 0) is 35.6 Å². The topological polar surface area (TPSA) is 56.7 Å². The molecule has 1 aliphatic rings. The van der Waals surface area contributed by atoms with Gasteiger partial charge in [0, 0.05) is 25.8 Å². The molecule has 0 aliphatic carbocycles. The van der Waals surface area contributed by atoms with Crippen molar-refractivity contribution in [2.24, 2.45) is 4.99 Å². The van der Waals surface area contributed by atoms with E-state index in [1.54, 1.807) is 7.05 Å². The van der Waals surface area contributed by atoms with Crippen molar-refractivity contribution < 1.29 is 4.79 Å². The second-order valence-corrected chi connectivity index (χ2v) is 6.33. The summed E-state index contributed by atoms with van der Waals surface area (Å²) in [5.74, 6) is 0.698. The van der Waals surface area contributed by atoms with Crippen molar-refractivity contribution in [3.05, 3.63) is 65.2 Å². The second-order valence-electron chi connectivity index (χ2n) is 6.33. The third-order valence-corrected chi connectivity index (χ3v) is 4.76. The van der Waals surface area contributed by atoms with Crippen LogP contribution in [0, 0.1) is 0 Å². The van der Waals surface area contributed by atoms with Gasteiger partial charge in [-0.2, -0.15) is 0 Å². The van der Waals surface area contributed by atoms with Gasteiger partial charge in [-0.15, -0.1) is 24.0 Å². The summed E-state index contributed by atoms with van der Waals surface area (Å²) in [6.07, 6.45) is 1.92. The van der Waals surface area contributed by atoms with Gasteiger partial charge in [-0.1, -0.05) is 49.4 Å². The standard InChI is InChI=1S/C21H26N4O.HI/c1-3-16-8-4-5-10-18(16)14-23-21(22-2)24-15-20(26)25-13-12-17-9-6-7-11-19(17)25;/h4-11H,3,12-15H2,1-2H3,(H2,22,23,24);1H. The molecule has 1 amide bonds. The van der Waals surface area contributed by atoms with Gasteiger partial charge in [0.25, 0.3) is 0 Å². The Hall–Kier alpha value is -2.09. The van der Waals surface area contributed by atoms with E-state index in [1.807, 2.05) is 29.2 Å². The van der Waals surface area contributed by atoms with Crippen molar-refractivity contribution >= 4 is 41.5 Å². The molecule has 0 spiro atoms. The molecule has 0 unspecified atom stereocenters. The van der Waals surface area contributed by atoms with Gasteiger partial charge in [0.1, 0.15) is 0 Å². The van der Waals surface area contributed by atoms with Crippen LogP contribution in [-0.2, 0) is 24.2 Å². The summed E-state index contributed by atoms with van der Waals surface area (Å²) in [6, 6.07) is 16.4. The summed E-state index contributed by atoms with van der Waals surface area (Å²) in [4.78, 5) is 18.7. The minimum absolute atomic E-state index is 0. The number of rotatable bonds is 5. The maximum atomic E-state index is 12.6. The van der Waals surface area contributed by atoms with E-state index < -0.39 is 0 Å². The van der Waals surface area contributed by atoms with E-state index in [1.165, 1.54) is 16.7 Å². The zero-order valence-electron chi connectivity index (χ0n) is 15.9. The zero-order chi connectivity index (χ0) is 18.4. The number of aliphatic imine (C=N–C) groups is 1. The molecule has 0 fully saturated rings. The number of benzene rings is 2. The molecule has 2 aromatic rings. The summed E-state index contributed by atoms with van der Waals surface area (Å²) in [7, 11) is 1.72. The van der Waals surface area contributed by atoms with Gasteiger partial charge in [0.05, 0.1) is 6.54 Å². The van der Waals surface area contributed by atoms with Crippen molar-refractivity contribution in [1.82, 2.24) is 10.6 Å². The van der Waals surface area contributed by atoms with Crippen LogP contribution < -0.4 is 15.5 Å². The highest BCUT2D eigenvalue weighted by atomic mass is 127. The van der Waals surface area contributed by atoms with Crippen LogP contribution in [0.15, 0.2) is 53.5 Å². The third kappa shape index (κ3) is 5.22. The summed E-state index contributed by atoms with van der Waals surface area (Å²) < 4.78 is 0. The molecule has 2 N–H and O–H groups in total. The summed E-state index contributed by atoms with van der Waals surface area (Å²) in [5.41, 5.74) is 4.83. The molecule has 3 rings (SSSR count). The molecular formula is C21H27IN4O. The Labute approximate surface area is 178 Å². The number of hydrogen-bond donors (Lipinski definition) is 2. The van der Waals surface area contributed by atoms with Gasteiger partial charge >= 0.3 is 0 Å². The highest BCUT2D eigenvalue weighted by Gasteiger charge is 2.23. The largest absolute Gasteiger partial charge is 0.352 e. The lowest BCUT2D eigenvalue weighted by atomic mass is 10.1. The van der Waals surface area contributed by atoms with Crippen molar-refractivity contribution in [3.63, 3.8) is 0 Å². The van der Waals surface area contributed by atoms with Crippen LogP contribution in [0.4, 0.5) is 5.69 Å². The molecule has 2 aromatic carbocycles. The fourth-order valence-corrected chi connectivity index (χ4v) is 3.33. The minimum atomic E-state index is 0. The molecule has 1 aliphatic heterocycles. The van der Waals surface area contributed by atoms with Gasteiger partial charge < -0.3 is 15.5 Å². The quantitative estimate of drug-likeness (QED) is 0.395. The molecule has 0 atom stereocenters. The number of nitrogens with zero attached hydrogens (tertiary/aromatic N) is 2. The Morgan fingerprint density at radius 3 is 2.52 bits per heavy atom. The maximum Gasteiger partial charge on any atom is 0.246 e. The maximum absolute atomic E-state index is 12.6. The SMILES string of the molecule is CCc1ccccc1CNC(=NC)NCC(=O)N1CCc2ccccc21.I. The molecule has 0 saturated heterocycles. The molecule has 144 valence electrons. The summed E-state index contributed by atoms with van der Waals surface area (Å²) >= 11 is 0. The lowest BCUT2D eigenvalue weighted by molar-refractivity contribution is -0.117. The number of hydrogen-bond acceptors (Lipinski definition) is 2. The number of halogens is 1. The number of aryl methyl sites for hydroxylation is 1. The van der Waals surface area contributed by atoms with Crippen LogP contribution in [-0.4, -0.2) is 32.0 Å². The van der Waals surface area contributed by atoms with Crippen molar-refractivity contribution in [2.45, 2.75) is 26.3 Å². The predicted octanol–water partition coefficient (Wildman–Crippen LogP) is 3.12. The van der Waals surface area contributed by atoms with Crippen LogP contribution in [0.5, 0.6) is 0 Å². The first kappa shape index (κ1) is 21.2. The molecule has 27 heavy (non-hydrogen) atoms. The number of amides is 1. The fraction of sp³-hybridized carbons (Fsp3) is 0.333. The van der Waals surface area contributed by atoms with Gasteiger partial charge in [0.2, 0.25) is 5.91 Å². The Balaban J connectivity index is 0.00000261. The van der Waals surface area contributed by atoms with E-state index in [-0.39, 0.29) is 36.4 Å². The molecule has 5 nitrogen and oxygen atoms in total. The molecular weight excluding hydrogens is 451 g/mol. The van der Waals surface area contributed by atoms with E-state index in [2.05, 4.69) is 46.8 Å². The van der Waals surface area contributed by atoms with Crippen molar-refractivity contribution in [3.8, 4) is 0 Å². The number of anilines is 1. The Morgan fingerprint density at radius 2 is 1.78 bits per heavy atom. The molecule has 0 aromatic heterocycles. The monoisotopic (exact) mass is 478 g/mol. The van der Waals surface area contributed by atoms with E-state index in [0.717, 1.165) is 25.1 Å². The molecule has 1 heterocycles. The lowest BCUT2D eigenvalue weighted by Crippen LogP contribution is -2.44. The van der Waals surface area contributed by atoms with Crippen LogP contribution in [0.3, 0.4) is 0 Å². The zero-order valence-corrected chi connectivity index (χ0v) is 18.2. The average Bonchev–Trinajstić information content (AvgIpc) is 3.12. The van der Waals surface area contributed by atoms with E-state index in [9.17, 15) is 4.79 Å². The Bertz CT molecular complexity index is 806. The van der Waals surface area contributed by atoms with E-state index in [0.29, 0.717) is 12.5 Å². The third-order valence-electron chi connectivity index (χ3n) is 4.76. The first-order valence-corrected chi connectivity index (χ1v) is 9.12. The van der Waals surface area contributed by atoms with Crippen LogP contribution in [0.25, 0.3) is 0 Å². The van der Waals surface area contributed by atoms with Crippen molar-refractivity contribution in [1.29, 1.82) is 0 Å². The molecule has 0 saturated carbocycles. The number of carbonyl (C=O) groups excluding carboxylic acids is 1. The Morgan fingerprint density at radius 1 is 1.07 bits per heavy atom. The summed E-state index contributed by atoms with van der Waals surface area (Å²) in [6.45, 7) is 3.81. The first-order chi connectivity index (χ1) is 12.7. The number of guanidine groups is 1. The molecule has 0 bridgehead atoms. The van der Waals surface area contributed by atoms with Gasteiger partial charge in [0.15, 0.2) is 5.96 Å². The van der Waals surface area contributed by atoms with Crippen LogP contribution >= 0.6 is 24.0 Å². The average molecular weight is 478 g/mol. The van der Waals surface area contributed by atoms with Crippen LogP contribution in [0.1, 0.15) is 23.6 Å². The number of nitrogens with one attached hydrogen (secondary N) is 2. The second kappa shape index (κ2) is 10.3. The first-order valence-electron chi connectivity index (χ1n) is 9.12. The fourth-order valence-electron chi connectivity index (χ4n) is 3.33. The number of fused-ring (bicyclic) bond motifs is 1. The Kier molecular flexibility index (Phi) is 8.09. The smallest absolute Gasteiger partial charge is 0.246 e. The van der Waals surface area contributed by atoms with Crippen LogP contribution in [0.2, 0.25) is 0 Å². The number of para-hydroxylation sites is 1. The van der Waals surface area contributed by atoms with Gasteiger partial charge in [-0.25, -0.2) is 0 Å². The molecule has 6 heteroatoms. The van der Waals surface area contributed by atoms with E-state index >= 15 is 0 Å². The van der Waals surface area contributed by atoms with Crippen molar-refractivity contribution in [2.75, 3.05) is 25.0 Å². The van der Waals surface area contributed by atoms with E-state index in [4.69, 9.17) is 0 Å². The minimum Gasteiger partial charge on any atom is -0.352 e. The summed E-state index contributed by atoms with van der Waals surface area (Å²) in [5, 5.41) is 6.43. The number of carbonyl (C=O) groups is 1. The molecule has 0 radical (unpaired) electrons. The predicted molar refractivity (Wildman–Crippen MR) is 122 cm³/mol. The normalized spacial score (nSPS) is 13.0. The van der Waals surface area contributed by atoms with Gasteiger partial charge in [-0.3, -0.25) is 9.79 Å². The highest BCUT2D eigenvalue weighted by molar-refractivity contribution is 14.0.